The van der Waals surface area contributed by atoms with Crippen molar-refractivity contribution in [3.8, 4) is 0 Å². The number of ether oxygens (including phenoxy) is 1. The van der Waals surface area contributed by atoms with Gasteiger partial charge in [0.1, 0.15) is 12.9 Å². The maximum atomic E-state index is 5.48. The molecule has 1 heterocycles. The van der Waals surface area contributed by atoms with Crippen LogP contribution in [-0.4, -0.2) is 20.9 Å². The van der Waals surface area contributed by atoms with Gasteiger partial charge in [0.2, 0.25) is 0 Å². The molecule has 1 aliphatic rings. The Bertz CT molecular complexity index is 278. The summed E-state index contributed by atoms with van der Waals surface area (Å²) in [6.45, 7) is 4.63. The molecule has 0 aromatic carbocycles. The Kier molecular flexibility index (Phi) is 2.31. The van der Waals surface area contributed by atoms with E-state index in [4.69, 9.17) is 4.74 Å². The van der Waals surface area contributed by atoms with E-state index in [2.05, 4.69) is 14.8 Å². The molecule has 4 nitrogen and oxygen atoms in total. The van der Waals surface area contributed by atoms with Crippen molar-refractivity contribution >= 4 is 0 Å². The van der Waals surface area contributed by atoms with E-state index in [0.717, 1.165) is 5.82 Å². The Labute approximate surface area is 77.9 Å². The lowest BCUT2D eigenvalue weighted by atomic mass is 10.5. The summed E-state index contributed by atoms with van der Waals surface area (Å²) < 4.78 is 7.61. The van der Waals surface area contributed by atoms with Gasteiger partial charge < -0.3 is 9.30 Å². The predicted octanol–water partition coefficient (Wildman–Crippen LogP) is 1.54. The molecular formula is C9H15N3O. The number of nitrogens with zero attached hydrogens (tertiary/aromatic N) is 3. The first-order chi connectivity index (χ1) is 6.27. The van der Waals surface area contributed by atoms with Crippen molar-refractivity contribution in [1.29, 1.82) is 0 Å². The molecule has 0 atom stereocenters. The minimum absolute atomic E-state index is 0.254. The SMILES string of the molecule is CC(C)OCc1nncn1C1CC1. The van der Waals surface area contributed by atoms with Gasteiger partial charge in [-0.15, -0.1) is 10.2 Å². The Hall–Kier alpha value is -0.900. The molecule has 0 amide bonds. The fourth-order valence-corrected chi connectivity index (χ4v) is 1.27. The minimum atomic E-state index is 0.254. The molecular weight excluding hydrogens is 166 g/mol. The molecule has 0 bridgehead atoms. The van der Waals surface area contributed by atoms with Crippen LogP contribution in [0.25, 0.3) is 0 Å². The van der Waals surface area contributed by atoms with Crippen LogP contribution in [0.2, 0.25) is 0 Å². The van der Waals surface area contributed by atoms with E-state index >= 15 is 0 Å². The van der Waals surface area contributed by atoms with Crippen LogP contribution in [0.15, 0.2) is 6.33 Å². The summed E-state index contributed by atoms with van der Waals surface area (Å²) >= 11 is 0. The van der Waals surface area contributed by atoms with Gasteiger partial charge >= 0.3 is 0 Å². The van der Waals surface area contributed by atoms with Crippen molar-refractivity contribution in [2.45, 2.75) is 45.4 Å². The lowest BCUT2D eigenvalue weighted by molar-refractivity contribution is 0.0592. The molecule has 2 rings (SSSR count). The molecule has 0 unspecified atom stereocenters. The Morgan fingerprint density at radius 1 is 1.62 bits per heavy atom. The number of rotatable bonds is 4. The highest BCUT2D eigenvalue weighted by Crippen LogP contribution is 2.35. The molecule has 1 saturated carbocycles. The zero-order chi connectivity index (χ0) is 9.26. The van der Waals surface area contributed by atoms with Crippen LogP contribution < -0.4 is 0 Å². The Balaban J connectivity index is 1.98. The maximum Gasteiger partial charge on any atom is 0.159 e. The predicted molar refractivity (Wildman–Crippen MR) is 48.2 cm³/mol. The van der Waals surface area contributed by atoms with Gasteiger partial charge in [-0.1, -0.05) is 0 Å². The summed E-state index contributed by atoms with van der Waals surface area (Å²) in [7, 11) is 0. The lowest BCUT2D eigenvalue weighted by Gasteiger charge is -2.07. The minimum Gasteiger partial charge on any atom is -0.371 e. The largest absolute Gasteiger partial charge is 0.371 e. The van der Waals surface area contributed by atoms with Gasteiger partial charge in [-0.05, 0) is 26.7 Å². The van der Waals surface area contributed by atoms with Crippen LogP contribution in [0.5, 0.6) is 0 Å². The van der Waals surface area contributed by atoms with Gasteiger partial charge in [-0.25, -0.2) is 0 Å². The molecule has 72 valence electrons. The third-order valence-electron chi connectivity index (χ3n) is 2.13. The van der Waals surface area contributed by atoms with Crippen molar-refractivity contribution in [2.24, 2.45) is 0 Å². The average Bonchev–Trinajstić information content (AvgIpc) is 2.82. The molecule has 13 heavy (non-hydrogen) atoms. The van der Waals surface area contributed by atoms with E-state index < -0.39 is 0 Å². The van der Waals surface area contributed by atoms with Gasteiger partial charge in [-0.2, -0.15) is 0 Å². The van der Waals surface area contributed by atoms with Crippen molar-refractivity contribution in [2.75, 3.05) is 0 Å². The lowest BCUT2D eigenvalue weighted by Crippen LogP contribution is -2.07. The monoisotopic (exact) mass is 181 g/mol. The van der Waals surface area contributed by atoms with Crippen molar-refractivity contribution in [3.63, 3.8) is 0 Å². The fourth-order valence-electron chi connectivity index (χ4n) is 1.27. The van der Waals surface area contributed by atoms with E-state index in [1.54, 1.807) is 6.33 Å². The molecule has 1 aliphatic carbocycles. The first-order valence-electron chi connectivity index (χ1n) is 4.77. The third-order valence-corrected chi connectivity index (χ3v) is 2.13. The molecule has 0 spiro atoms. The molecule has 0 saturated heterocycles. The van der Waals surface area contributed by atoms with Crippen LogP contribution in [0.3, 0.4) is 0 Å². The maximum absolute atomic E-state index is 5.48. The third kappa shape index (κ3) is 2.06. The van der Waals surface area contributed by atoms with E-state index in [9.17, 15) is 0 Å². The quantitative estimate of drug-likeness (QED) is 0.707. The fraction of sp³-hybridized carbons (Fsp3) is 0.778. The van der Waals surface area contributed by atoms with Crippen LogP contribution in [0.1, 0.15) is 38.6 Å². The second-order valence-electron chi connectivity index (χ2n) is 3.75. The highest BCUT2D eigenvalue weighted by atomic mass is 16.5. The van der Waals surface area contributed by atoms with Crippen molar-refractivity contribution in [1.82, 2.24) is 14.8 Å². The molecule has 0 aliphatic heterocycles. The van der Waals surface area contributed by atoms with Crippen LogP contribution in [0.4, 0.5) is 0 Å². The highest BCUT2D eigenvalue weighted by Gasteiger charge is 2.25. The van der Waals surface area contributed by atoms with E-state index in [1.807, 2.05) is 13.8 Å². The first kappa shape index (κ1) is 8.69. The van der Waals surface area contributed by atoms with E-state index in [0.29, 0.717) is 12.6 Å². The number of hydrogen-bond donors (Lipinski definition) is 0. The molecule has 0 radical (unpaired) electrons. The summed E-state index contributed by atoms with van der Waals surface area (Å²) in [4.78, 5) is 0. The van der Waals surface area contributed by atoms with Gasteiger partial charge in [-0.3, -0.25) is 0 Å². The van der Waals surface area contributed by atoms with E-state index in [-0.39, 0.29) is 6.10 Å². The summed E-state index contributed by atoms with van der Waals surface area (Å²) in [5, 5.41) is 7.93. The van der Waals surface area contributed by atoms with Crippen LogP contribution in [-0.2, 0) is 11.3 Å². The van der Waals surface area contributed by atoms with Crippen molar-refractivity contribution < 1.29 is 4.74 Å². The van der Waals surface area contributed by atoms with E-state index in [1.165, 1.54) is 12.8 Å². The van der Waals surface area contributed by atoms with Gasteiger partial charge in [0.05, 0.1) is 6.10 Å². The molecule has 4 heteroatoms. The number of hydrogen-bond acceptors (Lipinski definition) is 3. The molecule has 0 N–H and O–H groups in total. The second kappa shape index (κ2) is 3.46. The van der Waals surface area contributed by atoms with Crippen molar-refractivity contribution in [3.05, 3.63) is 12.2 Å². The zero-order valence-corrected chi connectivity index (χ0v) is 8.10. The van der Waals surface area contributed by atoms with Gasteiger partial charge in [0.25, 0.3) is 0 Å². The van der Waals surface area contributed by atoms with Crippen LogP contribution >= 0.6 is 0 Å². The smallest absolute Gasteiger partial charge is 0.159 e. The summed E-state index contributed by atoms with van der Waals surface area (Å²) in [6.07, 6.45) is 4.57. The molecule has 1 aromatic heterocycles. The molecule has 1 fully saturated rings. The first-order valence-corrected chi connectivity index (χ1v) is 4.77. The normalized spacial score (nSPS) is 16.8. The topological polar surface area (TPSA) is 39.9 Å². The molecule has 1 aromatic rings. The van der Waals surface area contributed by atoms with Gasteiger partial charge in [0, 0.05) is 6.04 Å². The average molecular weight is 181 g/mol. The highest BCUT2D eigenvalue weighted by molar-refractivity contribution is 4.93. The summed E-state index contributed by atoms with van der Waals surface area (Å²) in [6, 6.07) is 0.640. The Morgan fingerprint density at radius 2 is 2.38 bits per heavy atom. The second-order valence-corrected chi connectivity index (χ2v) is 3.75. The van der Waals surface area contributed by atoms with Crippen LogP contribution in [0, 0.1) is 0 Å². The zero-order valence-electron chi connectivity index (χ0n) is 8.10. The summed E-state index contributed by atoms with van der Waals surface area (Å²) in [5.41, 5.74) is 0. The Morgan fingerprint density at radius 3 is 3.00 bits per heavy atom. The number of aromatic nitrogens is 3. The summed E-state index contributed by atoms with van der Waals surface area (Å²) in [5.74, 6) is 0.955. The van der Waals surface area contributed by atoms with Gasteiger partial charge in [0.15, 0.2) is 5.82 Å². The standard InChI is InChI=1S/C9H15N3O/c1-7(2)13-5-9-11-10-6-12(9)8-3-4-8/h6-8H,3-5H2,1-2H3.